The minimum absolute atomic E-state index is 0.0510. The Hall–Kier alpha value is -1.50. The van der Waals surface area contributed by atoms with Crippen LogP contribution in [0.15, 0.2) is 24.3 Å². The van der Waals surface area contributed by atoms with Gasteiger partial charge in [0, 0.05) is 19.1 Å². The van der Waals surface area contributed by atoms with E-state index in [4.69, 9.17) is 0 Å². The molecule has 4 rings (SSSR count). The molecule has 5 nitrogen and oxygen atoms in total. The summed E-state index contributed by atoms with van der Waals surface area (Å²) in [6, 6.07) is 6.34. The number of nitrogens with zero attached hydrogens (tertiary/aromatic N) is 1. The molecule has 3 fully saturated rings. The molecule has 0 bridgehead atoms. The number of hydrogen-bond donors (Lipinski definition) is 3. The summed E-state index contributed by atoms with van der Waals surface area (Å²) in [5, 5.41) is 3.47. The SMILES string of the molecule is O=C(C1CC(c2ccc(F)cc2)NN1)N1CC[C@@H]2CNC[C@@H]2CC1. The van der Waals surface area contributed by atoms with Gasteiger partial charge in [-0.3, -0.25) is 4.79 Å². The highest BCUT2D eigenvalue weighted by molar-refractivity contribution is 5.82. The average Bonchev–Trinajstić information content (AvgIpc) is 3.21. The van der Waals surface area contributed by atoms with Crippen LogP contribution in [0.1, 0.15) is 30.9 Å². The number of carbonyl (C=O) groups is 1. The second-order valence-corrected chi connectivity index (χ2v) is 7.26. The highest BCUT2D eigenvalue weighted by atomic mass is 19.1. The van der Waals surface area contributed by atoms with Crippen molar-refractivity contribution in [3.8, 4) is 0 Å². The third kappa shape index (κ3) is 3.18. The van der Waals surface area contributed by atoms with Crippen molar-refractivity contribution in [3.63, 3.8) is 0 Å². The van der Waals surface area contributed by atoms with Crippen molar-refractivity contribution in [1.82, 2.24) is 21.1 Å². The smallest absolute Gasteiger partial charge is 0.241 e. The summed E-state index contributed by atoms with van der Waals surface area (Å²) in [7, 11) is 0. The maximum absolute atomic E-state index is 13.1. The summed E-state index contributed by atoms with van der Waals surface area (Å²) in [5.74, 6) is 1.41. The number of hydrogen-bond acceptors (Lipinski definition) is 4. The van der Waals surface area contributed by atoms with Crippen molar-refractivity contribution in [3.05, 3.63) is 35.6 Å². The number of nitrogens with one attached hydrogen (secondary N) is 3. The van der Waals surface area contributed by atoms with Gasteiger partial charge >= 0.3 is 0 Å². The number of likely N-dealkylation sites (tertiary alicyclic amines) is 1. The molecular weight excluding hydrogens is 307 g/mol. The molecule has 24 heavy (non-hydrogen) atoms. The van der Waals surface area contributed by atoms with Gasteiger partial charge in [0.05, 0.1) is 0 Å². The fourth-order valence-electron chi connectivity index (χ4n) is 4.29. The number of fused-ring (bicyclic) bond motifs is 1. The van der Waals surface area contributed by atoms with Crippen molar-refractivity contribution in [2.75, 3.05) is 26.2 Å². The standard InChI is InChI=1S/C18H25FN4O/c19-15-3-1-12(2-4-15)16-9-17(22-21-16)18(24)23-7-5-13-10-20-11-14(13)6-8-23/h1-4,13-14,16-17,20-22H,5-11H2/t13-,14+,16?,17?. The highest BCUT2D eigenvalue weighted by Crippen LogP contribution is 2.28. The van der Waals surface area contributed by atoms with Gasteiger partial charge in [-0.1, -0.05) is 12.1 Å². The molecule has 0 spiro atoms. The zero-order chi connectivity index (χ0) is 16.5. The normalized spacial score (nSPS) is 33.3. The molecule has 2 unspecified atom stereocenters. The predicted molar refractivity (Wildman–Crippen MR) is 89.5 cm³/mol. The van der Waals surface area contributed by atoms with E-state index in [9.17, 15) is 9.18 Å². The fraction of sp³-hybridized carbons (Fsp3) is 0.611. The van der Waals surface area contributed by atoms with Crippen LogP contribution in [0.3, 0.4) is 0 Å². The lowest BCUT2D eigenvalue weighted by Gasteiger charge is -2.24. The molecule has 3 heterocycles. The Labute approximate surface area is 141 Å². The third-order valence-electron chi connectivity index (χ3n) is 5.80. The molecule has 1 aromatic rings. The summed E-state index contributed by atoms with van der Waals surface area (Å²) in [6.07, 6.45) is 2.91. The van der Waals surface area contributed by atoms with E-state index in [0.29, 0.717) is 6.42 Å². The molecule has 0 saturated carbocycles. The van der Waals surface area contributed by atoms with Crippen LogP contribution < -0.4 is 16.2 Å². The summed E-state index contributed by atoms with van der Waals surface area (Å²) >= 11 is 0. The minimum atomic E-state index is -0.234. The molecular formula is C18H25FN4O. The largest absolute Gasteiger partial charge is 0.341 e. The van der Waals surface area contributed by atoms with E-state index in [1.807, 2.05) is 4.90 Å². The van der Waals surface area contributed by atoms with Gasteiger partial charge in [0.15, 0.2) is 0 Å². The monoisotopic (exact) mass is 332 g/mol. The van der Waals surface area contributed by atoms with E-state index in [-0.39, 0.29) is 23.8 Å². The van der Waals surface area contributed by atoms with Crippen molar-refractivity contribution >= 4 is 5.91 Å². The van der Waals surface area contributed by atoms with E-state index in [0.717, 1.165) is 56.4 Å². The van der Waals surface area contributed by atoms with E-state index >= 15 is 0 Å². The van der Waals surface area contributed by atoms with Crippen molar-refractivity contribution in [1.29, 1.82) is 0 Å². The average molecular weight is 332 g/mol. The summed E-state index contributed by atoms with van der Waals surface area (Å²) in [6.45, 7) is 3.92. The van der Waals surface area contributed by atoms with Crippen LogP contribution >= 0.6 is 0 Å². The van der Waals surface area contributed by atoms with Crippen molar-refractivity contribution in [2.45, 2.75) is 31.3 Å². The first-order chi connectivity index (χ1) is 11.7. The molecule has 0 aromatic heterocycles. The van der Waals surface area contributed by atoms with Crippen LogP contribution in [0.2, 0.25) is 0 Å². The highest BCUT2D eigenvalue weighted by Gasteiger charge is 2.36. The van der Waals surface area contributed by atoms with Crippen LogP contribution in [0.4, 0.5) is 4.39 Å². The molecule has 0 aliphatic carbocycles. The van der Waals surface area contributed by atoms with Gasteiger partial charge in [0.1, 0.15) is 11.9 Å². The number of amides is 1. The van der Waals surface area contributed by atoms with E-state index in [2.05, 4.69) is 16.2 Å². The Kier molecular flexibility index (Phi) is 4.52. The van der Waals surface area contributed by atoms with Gasteiger partial charge in [0.2, 0.25) is 5.91 Å². The Balaban J connectivity index is 1.36. The predicted octanol–water partition coefficient (Wildman–Crippen LogP) is 1.19. The number of hydrazine groups is 1. The Morgan fingerprint density at radius 3 is 2.38 bits per heavy atom. The first kappa shape index (κ1) is 16.0. The first-order valence-corrected chi connectivity index (χ1v) is 8.97. The number of benzene rings is 1. The van der Waals surface area contributed by atoms with E-state index in [1.54, 1.807) is 12.1 Å². The van der Waals surface area contributed by atoms with Gasteiger partial charge in [-0.15, -0.1) is 0 Å². The third-order valence-corrected chi connectivity index (χ3v) is 5.80. The topological polar surface area (TPSA) is 56.4 Å². The summed E-state index contributed by atoms with van der Waals surface area (Å²) in [4.78, 5) is 14.9. The lowest BCUT2D eigenvalue weighted by molar-refractivity contribution is -0.133. The lowest BCUT2D eigenvalue weighted by atomic mass is 9.92. The second kappa shape index (κ2) is 6.78. The minimum Gasteiger partial charge on any atom is -0.341 e. The molecule has 3 saturated heterocycles. The van der Waals surface area contributed by atoms with Crippen LogP contribution in [-0.4, -0.2) is 43.0 Å². The van der Waals surface area contributed by atoms with Crippen LogP contribution in [0.5, 0.6) is 0 Å². The molecule has 1 amide bonds. The summed E-state index contributed by atoms with van der Waals surface area (Å²) < 4.78 is 13.1. The van der Waals surface area contributed by atoms with Gasteiger partial charge in [-0.05, 0) is 61.9 Å². The molecule has 3 aliphatic rings. The van der Waals surface area contributed by atoms with Crippen molar-refractivity contribution < 1.29 is 9.18 Å². The van der Waals surface area contributed by atoms with E-state index in [1.165, 1.54) is 12.1 Å². The quantitative estimate of drug-likeness (QED) is 0.762. The Bertz CT molecular complexity index is 579. The van der Waals surface area contributed by atoms with Crippen molar-refractivity contribution in [2.24, 2.45) is 11.8 Å². The van der Waals surface area contributed by atoms with Gasteiger partial charge in [0.25, 0.3) is 0 Å². The maximum atomic E-state index is 13.1. The van der Waals surface area contributed by atoms with Gasteiger partial charge in [-0.2, -0.15) is 0 Å². The number of halogens is 1. The fourth-order valence-corrected chi connectivity index (χ4v) is 4.29. The van der Waals surface area contributed by atoms with Crippen LogP contribution in [-0.2, 0) is 4.79 Å². The summed E-state index contributed by atoms with van der Waals surface area (Å²) in [5.41, 5.74) is 7.34. The maximum Gasteiger partial charge on any atom is 0.241 e. The van der Waals surface area contributed by atoms with E-state index < -0.39 is 0 Å². The van der Waals surface area contributed by atoms with Crippen LogP contribution in [0.25, 0.3) is 0 Å². The number of rotatable bonds is 2. The molecule has 3 aliphatic heterocycles. The first-order valence-electron chi connectivity index (χ1n) is 8.97. The zero-order valence-electron chi connectivity index (χ0n) is 13.8. The molecule has 1 aromatic carbocycles. The molecule has 6 heteroatoms. The number of carbonyl (C=O) groups excluding carboxylic acids is 1. The molecule has 130 valence electrons. The Morgan fingerprint density at radius 1 is 1.04 bits per heavy atom. The lowest BCUT2D eigenvalue weighted by Crippen LogP contribution is -2.46. The van der Waals surface area contributed by atoms with Gasteiger partial charge in [-0.25, -0.2) is 15.2 Å². The molecule has 3 N–H and O–H groups in total. The zero-order valence-corrected chi connectivity index (χ0v) is 13.8. The van der Waals surface area contributed by atoms with Crippen LogP contribution in [0, 0.1) is 17.7 Å². The Morgan fingerprint density at radius 2 is 1.71 bits per heavy atom. The second-order valence-electron chi connectivity index (χ2n) is 7.26. The molecule has 4 atom stereocenters. The molecule has 0 radical (unpaired) electrons. The van der Waals surface area contributed by atoms with Gasteiger partial charge < -0.3 is 10.2 Å².